The van der Waals surface area contributed by atoms with Gasteiger partial charge in [-0.25, -0.2) is 0 Å². The van der Waals surface area contributed by atoms with Crippen molar-refractivity contribution in [1.29, 1.82) is 0 Å². The van der Waals surface area contributed by atoms with Crippen LogP contribution >= 0.6 is 0 Å². The molecule has 1 fully saturated rings. The Morgan fingerprint density at radius 1 is 1.16 bits per heavy atom. The molecule has 2 aromatic rings. The van der Waals surface area contributed by atoms with Crippen molar-refractivity contribution >= 4 is 5.91 Å². The minimum Gasteiger partial charge on any atom is -0.336 e. The van der Waals surface area contributed by atoms with Crippen molar-refractivity contribution in [2.24, 2.45) is 12.5 Å². The number of rotatable bonds is 2. The summed E-state index contributed by atoms with van der Waals surface area (Å²) in [4.78, 5) is 15.3. The standard InChI is InChI=1S/C21H27N3O/c1-21(2)14-24(13-17(21)15-9-5-4-6-10-15)20(25)19-16-11-7-8-12-18(16)23(3)22-19/h4-6,9-10,17H,7-8,11-14H2,1-3H3/t17-/m1/s1. The molecule has 1 aliphatic carbocycles. The van der Waals surface area contributed by atoms with Crippen molar-refractivity contribution in [3.8, 4) is 0 Å². The van der Waals surface area contributed by atoms with Crippen molar-refractivity contribution in [2.75, 3.05) is 13.1 Å². The second-order valence-electron chi connectivity index (χ2n) is 8.24. The lowest BCUT2D eigenvalue weighted by Crippen LogP contribution is -2.31. The van der Waals surface area contributed by atoms with Crippen LogP contribution in [0.15, 0.2) is 30.3 Å². The number of carbonyl (C=O) groups is 1. The number of aryl methyl sites for hydroxylation is 1. The maximum Gasteiger partial charge on any atom is 0.274 e. The maximum absolute atomic E-state index is 13.2. The minimum atomic E-state index is 0.0753. The van der Waals surface area contributed by atoms with Crippen LogP contribution in [0.3, 0.4) is 0 Å². The Hall–Kier alpha value is -2.10. The lowest BCUT2D eigenvalue weighted by atomic mass is 9.78. The zero-order chi connectivity index (χ0) is 17.6. The van der Waals surface area contributed by atoms with Gasteiger partial charge in [-0.2, -0.15) is 5.10 Å². The van der Waals surface area contributed by atoms with E-state index in [4.69, 9.17) is 0 Å². The first-order valence-corrected chi connectivity index (χ1v) is 9.36. The average molecular weight is 337 g/mol. The number of amides is 1. The molecule has 1 amide bonds. The molecule has 1 saturated heterocycles. The molecule has 0 unspecified atom stereocenters. The molecule has 0 radical (unpaired) electrons. The van der Waals surface area contributed by atoms with Crippen molar-refractivity contribution in [3.63, 3.8) is 0 Å². The number of aromatic nitrogens is 2. The van der Waals surface area contributed by atoms with E-state index < -0.39 is 0 Å². The quantitative estimate of drug-likeness (QED) is 0.840. The molecule has 4 heteroatoms. The first kappa shape index (κ1) is 16.4. The Bertz CT molecular complexity index is 791. The summed E-state index contributed by atoms with van der Waals surface area (Å²) in [5.41, 5.74) is 4.55. The Labute approximate surface area is 149 Å². The van der Waals surface area contributed by atoms with Gasteiger partial charge in [0.25, 0.3) is 5.91 Å². The lowest BCUT2D eigenvalue weighted by Gasteiger charge is -2.25. The highest BCUT2D eigenvalue weighted by Gasteiger charge is 2.43. The van der Waals surface area contributed by atoms with E-state index in [1.54, 1.807) is 0 Å². The molecule has 1 aliphatic heterocycles. The Kier molecular flexibility index (Phi) is 3.94. The molecule has 1 atom stereocenters. The van der Waals surface area contributed by atoms with E-state index in [-0.39, 0.29) is 11.3 Å². The second-order valence-corrected chi connectivity index (χ2v) is 8.24. The fourth-order valence-electron chi connectivity index (χ4n) is 4.62. The topological polar surface area (TPSA) is 38.1 Å². The smallest absolute Gasteiger partial charge is 0.274 e. The van der Waals surface area contributed by atoms with E-state index in [0.29, 0.717) is 11.6 Å². The molecular formula is C21H27N3O. The van der Waals surface area contributed by atoms with Gasteiger partial charge in [0.2, 0.25) is 0 Å². The minimum absolute atomic E-state index is 0.0753. The molecule has 2 aliphatic rings. The number of fused-ring (bicyclic) bond motifs is 1. The summed E-state index contributed by atoms with van der Waals surface area (Å²) >= 11 is 0. The zero-order valence-corrected chi connectivity index (χ0v) is 15.5. The molecule has 25 heavy (non-hydrogen) atoms. The molecule has 0 spiro atoms. The van der Waals surface area contributed by atoms with E-state index in [0.717, 1.165) is 32.4 Å². The van der Waals surface area contributed by atoms with Gasteiger partial charge in [-0.15, -0.1) is 0 Å². The highest BCUT2D eigenvalue weighted by atomic mass is 16.2. The lowest BCUT2D eigenvalue weighted by molar-refractivity contribution is 0.0770. The number of likely N-dealkylation sites (tertiary alicyclic amines) is 1. The second kappa shape index (κ2) is 6.01. The summed E-state index contributed by atoms with van der Waals surface area (Å²) in [6.45, 7) is 6.11. The third-order valence-electron chi connectivity index (χ3n) is 6.00. The fourth-order valence-corrected chi connectivity index (χ4v) is 4.62. The van der Waals surface area contributed by atoms with E-state index in [1.165, 1.54) is 23.2 Å². The third-order valence-corrected chi connectivity index (χ3v) is 6.00. The summed E-state index contributed by atoms with van der Waals surface area (Å²) < 4.78 is 1.93. The number of hydrogen-bond acceptors (Lipinski definition) is 2. The normalized spacial score (nSPS) is 22.0. The first-order chi connectivity index (χ1) is 12.0. The Balaban J connectivity index is 1.62. The molecule has 132 valence electrons. The molecule has 0 saturated carbocycles. The molecule has 4 nitrogen and oxygen atoms in total. The van der Waals surface area contributed by atoms with Gasteiger partial charge < -0.3 is 4.90 Å². The predicted molar refractivity (Wildman–Crippen MR) is 98.7 cm³/mol. The van der Waals surface area contributed by atoms with Gasteiger partial charge in [0.15, 0.2) is 5.69 Å². The molecule has 4 rings (SSSR count). The number of benzene rings is 1. The number of nitrogens with zero attached hydrogens (tertiary/aromatic N) is 3. The molecule has 2 heterocycles. The molecular weight excluding hydrogens is 310 g/mol. The van der Waals surface area contributed by atoms with Crippen LogP contribution in [0.4, 0.5) is 0 Å². The van der Waals surface area contributed by atoms with Gasteiger partial charge in [-0.1, -0.05) is 44.2 Å². The van der Waals surface area contributed by atoms with E-state index >= 15 is 0 Å². The van der Waals surface area contributed by atoms with Gasteiger partial charge in [0, 0.05) is 37.3 Å². The monoisotopic (exact) mass is 337 g/mol. The SMILES string of the molecule is Cn1nc(C(=O)N2C[C@H](c3ccccc3)C(C)(C)C2)c2c1CCCC2. The Morgan fingerprint density at radius 3 is 2.64 bits per heavy atom. The van der Waals surface area contributed by atoms with Crippen molar-refractivity contribution < 1.29 is 4.79 Å². The van der Waals surface area contributed by atoms with Crippen LogP contribution in [0.25, 0.3) is 0 Å². The van der Waals surface area contributed by atoms with Gasteiger partial charge in [-0.05, 0) is 36.7 Å². The summed E-state index contributed by atoms with van der Waals surface area (Å²) in [5.74, 6) is 0.488. The largest absolute Gasteiger partial charge is 0.336 e. The van der Waals surface area contributed by atoms with Crippen LogP contribution in [-0.4, -0.2) is 33.7 Å². The molecule has 1 aromatic heterocycles. The fraction of sp³-hybridized carbons (Fsp3) is 0.524. The van der Waals surface area contributed by atoms with Gasteiger partial charge in [0.1, 0.15) is 0 Å². The maximum atomic E-state index is 13.2. The number of hydrogen-bond donors (Lipinski definition) is 0. The summed E-state index contributed by atoms with van der Waals surface area (Å²) in [7, 11) is 1.97. The van der Waals surface area contributed by atoms with Crippen LogP contribution in [0, 0.1) is 5.41 Å². The molecule has 1 aromatic carbocycles. The highest BCUT2D eigenvalue weighted by molar-refractivity contribution is 5.94. The van der Waals surface area contributed by atoms with Crippen molar-refractivity contribution in [2.45, 2.75) is 45.4 Å². The van der Waals surface area contributed by atoms with Crippen LogP contribution < -0.4 is 0 Å². The third kappa shape index (κ3) is 2.78. The van der Waals surface area contributed by atoms with Crippen LogP contribution in [0.1, 0.15) is 59.9 Å². The zero-order valence-electron chi connectivity index (χ0n) is 15.5. The number of carbonyl (C=O) groups excluding carboxylic acids is 1. The summed E-state index contributed by atoms with van der Waals surface area (Å²) in [6.07, 6.45) is 4.40. The van der Waals surface area contributed by atoms with E-state index in [9.17, 15) is 4.79 Å². The van der Waals surface area contributed by atoms with Crippen molar-refractivity contribution in [1.82, 2.24) is 14.7 Å². The van der Waals surface area contributed by atoms with Crippen LogP contribution in [-0.2, 0) is 19.9 Å². The summed E-state index contributed by atoms with van der Waals surface area (Å²) in [5, 5.41) is 4.61. The van der Waals surface area contributed by atoms with Gasteiger partial charge in [0.05, 0.1) is 0 Å². The van der Waals surface area contributed by atoms with Gasteiger partial charge in [-0.3, -0.25) is 9.48 Å². The highest BCUT2D eigenvalue weighted by Crippen LogP contribution is 2.42. The van der Waals surface area contributed by atoms with Crippen LogP contribution in [0.2, 0.25) is 0 Å². The van der Waals surface area contributed by atoms with Gasteiger partial charge >= 0.3 is 0 Å². The van der Waals surface area contributed by atoms with E-state index in [2.05, 4.69) is 49.3 Å². The Morgan fingerprint density at radius 2 is 1.88 bits per heavy atom. The summed E-state index contributed by atoms with van der Waals surface area (Å²) in [6, 6.07) is 10.6. The molecule has 0 N–H and O–H groups in total. The predicted octanol–water partition coefficient (Wildman–Crippen LogP) is 3.56. The van der Waals surface area contributed by atoms with Crippen molar-refractivity contribution in [3.05, 3.63) is 52.8 Å². The molecule has 0 bridgehead atoms. The average Bonchev–Trinajstić information content (AvgIpc) is 3.12. The first-order valence-electron chi connectivity index (χ1n) is 9.36. The van der Waals surface area contributed by atoms with E-state index in [1.807, 2.05) is 16.6 Å². The van der Waals surface area contributed by atoms with Crippen LogP contribution in [0.5, 0.6) is 0 Å².